The van der Waals surface area contributed by atoms with Gasteiger partial charge in [0.1, 0.15) is 5.69 Å². The highest BCUT2D eigenvalue weighted by Crippen LogP contribution is 2.13. The summed E-state index contributed by atoms with van der Waals surface area (Å²) in [4.78, 5) is 11.2. The van der Waals surface area contributed by atoms with Crippen LogP contribution in [0.3, 0.4) is 0 Å². The molecule has 0 aliphatic heterocycles. The zero-order valence-electron chi connectivity index (χ0n) is 8.61. The number of halogens is 2. The molecule has 8 heteroatoms. The van der Waals surface area contributed by atoms with Gasteiger partial charge in [-0.05, 0) is 0 Å². The van der Waals surface area contributed by atoms with Crippen molar-refractivity contribution in [2.45, 2.75) is 19.9 Å². The van der Waals surface area contributed by atoms with Crippen molar-refractivity contribution in [3.8, 4) is 0 Å². The highest BCUT2D eigenvalue weighted by Gasteiger charge is 2.14. The molecule has 1 rings (SSSR count). The van der Waals surface area contributed by atoms with Crippen LogP contribution >= 0.6 is 0 Å². The van der Waals surface area contributed by atoms with Gasteiger partial charge < -0.3 is 0 Å². The molecule has 1 N–H and O–H groups in total. The molecule has 0 aromatic carbocycles. The Morgan fingerprint density at radius 3 is 2.56 bits per heavy atom. The van der Waals surface area contributed by atoms with Gasteiger partial charge in [-0.2, -0.15) is 0 Å². The SMILES string of the molecule is CCS(=O)(=O)CCn1[nH]c(C(F)F)cc1=O. The molecule has 92 valence electrons. The van der Waals surface area contributed by atoms with Gasteiger partial charge >= 0.3 is 0 Å². The Bertz CT molecular complexity index is 504. The standard InChI is InChI=1S/C8H12F2N2O3S/c1-2-16(14,15)4-3-12-7(13)5-6(11-12)8(9)10/h5,8,11H,2-4H2,1H3. The maximum absolute atomic E-state index is 12.2. The van der Waals surface area contributed by atoms with E-state index in [0.29, 0.717) is 0 Å². The van der Waals surface area contributed by atoms with E-state index in [1.165, 1.54) is 6.92 Å². The second-order valence-corrected chi connectivity index (χ2v) is 5.71. The number of aryl methyl sites for hydroxylation is 1. The fourth-order valence-electron chi connectivity index (χ4n) is 1.11. The first-order valence-corrected chi connectivity index (χ1v) is 6.46. The van der Waals surface area contributed by atoms with Crippen molar-refractivity contribution in [2.24, 2.45) is 0 Å². The van der Waals surface area contributed by atoms with Crippen LogP contribution in [0.15, 0.2) is 10.9 Å². The molecule has 0 aliphatic carbocycles. The molecule has 0 saturated carbocycles. The lowest BCUT2D eigenvalue weighted by molar-refractivity contribution is 0.145. The Hall–Kier alpha value is -1.18. The molecule has 0 radical (unpaired) electrons. The van der Waals surface area contributed by atoms with Crippen LogP contribution in [0.2, 0.25) is 0 Å². The highest BCUT2D eigenvalue weighted by molar-refractivity contribution is 7.91. The van der Waals surface area contributed by atoms with Crippen molar-refractivity contribution in [1.82, 2.24) is 9.78 Å². The van der Waals surface area contributed by atoms with Crippen molar-refractivity contribution >= 4 is 9.84 Å². The summed E-state index contributed by atoms with van der Waals surface area (Å²) in [5.41, 5.74) is -1.15. The van der Waals surface area contributed by atoms with Crippen molar-refractivity contribution in [3.63, 3.8) is 0 Å². The van der Waals surface area contributed by atoms with Gasteiger partial charge in [-0.25, -0.2) is 17.2 Å². The lowest BCUT2D eigenvalue weighted by atomic mass is 10.5. The average Bonchev–Trinajstić information content (AvgIpc) is 2.57. The van der Waals surface area contributed by atoms with Crippen molar-refractivity contribution < 1.29 is 17.2 Å². The number of rotatable bonds is 5. The normalized spacial score (nSPS) is 12.2. The molecule has 5 nitrogen and oxygen atoms in total. The molecule has 0 aliphatic rings. The van der Waals surface area contributed by atoms with E-state index in [1.54, 1.807) is 0 Å². The van der Waals surface area contributed by atoms with Gasteiger partial charge in [0.15, 0.2) is 9.84 Å². The third kappa shape index (κ3) is 3.16. The molecule has 0 amide bonds. The van der Waals surface area contributed by atoms with Crippen LogP contribution in [0, 0.1) is 0 Å². The maximum Gasteiger partial charge on any atom is 0.279 e. The Balaban J connectivity index is 2.79. The van der Waals surface area contributed by atoms with Gasteiger partial charge in [-0.15, -0.1) is 0 Å². The van der Waals surface area contributed by atoms with Gasteiger partial charge in [0, 0.05) is 11.8 Å². The van der Waals surface area contributed by atoms with Gasteiger partial charge in [0.25, 0.3) is 12.0 Å². The van der Waals surface area contributed by atoms with E-state index in [1.807, 2.05) is 0 Å². The van der Waals surface area contributed by atoms with Gasteiger partial charge in [0.2, 0.25) is 0 Å². The lowest BCUT2D eigenvalue weighted by Crippen LogP contribution is -2.22. The van der Waals surface area contributed by atoms with Crippen molar-refractivity contribution in [1.29, 1.82) is 0 Å². The molecular formula is C8H12F2N2O3S. The van der Waals surface area contributed by atoms with E-state index in [0.717, 1.165) is 10.7 Å². The number of nitrogens with zero attached hydrogens (tertiary/aromatic N) is 1. The van der Waals surface area contributed by atoms with E-state index in [-0.39, 0.29) is 18.1 Å². The predicted octanol–water partition coefficient (Wildman–Crippen LogP) is 0.549. The molecule has 0 unspecified atom stereocenters. The van der Waals surface area contributed by atoms with Crippen LogP contribution in [0.25, 0.3) is 0 Å². The van der Waals surface area contributed by atoms with Crippen LogP contribution in [0.5, 0.6) is 0 Å². The minimum atomic E-state index is -3.21. The van der Waals surface area contributed by atoms with Gasteiger partial charge in [-0.3, -0.25) is 14.6 Å². The molecule has 0 atom stereocenters. The third-order valence-corrected chi connectivity index (χ3v) is 3.79. The molecule has 1 aromatic heterocycles. The topological polar surface area (TPSA) is 71.9 Å². The zero-order chi connectivity index (χ0) is 12.3. The molecule has 0 fully saturated rings. The molecule has 0 bridgehead atoms. The summed E-state index contributed by atoms with van der Waals surface area (Å²) in [7, 11) is -3.21. The lowest BCUT2D eigenvalue weighted by Gasteiger charge is -2.02. The first-order valence-electron chi connectivity index (χ1n) is 4.64. The first kappa shape index (κ1) is 12.9. The second-order valence-electron chi connectivity index (χ2n) is 3.24. The summed E-state index contributed by atoms with van der Waals surface area (Å²) in [6.45, 7) is 1.35. The summed E-state index contributed by atoms with van der Waals surface area (Å²) in [5, 5.41) is 2.17. The number of nitrogens with one attached hydrogen (secondary N) is 1. The summed E-state index contributed by atoms with van der Waals surface area (Å²) in [5.74, 6) is -0.281. The fourth-order valence-corrected chi connectivity index (χ4v) is 1.86. The van der Waals surface area contributed by atoms with E-state index in [2.05, 4.69) is 5.10 Å². The average molecular weight is 254 g/mol. The number of sulfone groups is 1. The fraction of sp³-hybridized carbons (Fsp3) is 0.625. The van der Waals surface area contributed by atoms with Crippen molar-refractivity contribution in [3.05, 3.63) is 22.1 Å². The number of aromatic amines is 1. The Morgan fingerprint density at radius 2 is 2.12 bits per heavy atom. The predicted molar refractivity (Wildman–Crippen MR) is 54.3 cm³/mol. The summed E-state index contributed by atoms with van der Waals surface area (Å²) in [6.07, 6.45) is -2.77. The number of alkyl halides is 2. The first-order chi connectivity index (χ1) is 7.35. The van der Waals surface area contributed by atoms with Gasteiger partial charge in [0.05, 0.1) is 12.3 Å². The summed E-state index contributed by atoms with van der Waals surface area (Å²) in [6, 6.07) is 0.767. The summed E-state index contributed by atoms with van der Waals surface area (Å²) >= 11 is 0. The Labute approximate surface area is 91.0 Å². The molecule has 0 spiro atoms. The number of H-pyrrole nitrogens is 1. The molecule has 0 saturated heterocycles. The van der Waals surface area contributed by atoms with Crippen LogP contribution in [-0.2, 0) is 16.4 Å². The number of hydrogen-bond donors (Lipinski definition) is 1. The quantitative estimate of drug-likeness (QED) is 0.834. The Kier molecular flexibility index (Phi) is 3.84. The summed E-state index contributed by atoms with van der Waals surface area (Å²) < 4.78 is 47.6. The van der Waals surface area contributed by atoms with E-state index in [9.17, 15) is 22.0 Å². The number of hydrogen-bond acceptors (Lipinski definition) is 3. The number of aromatic nitrogens is 2. The molecule has 1 aromatic rings. The van der Waals surface area contributed by atoms with Crippen LogP contribution < -0.4 is 5.56 Å². The van der Waals surface area contributed by atoms with Crippen molar-refractivity contribution in [2.75, 3.05) is 11.5 Å². The largest absolute Gasteiger partial charge is 0.294 e. The van der Waals surface area contributed by atoms with Gasteiger partial charge in [-0.1, -0.05) is 6.92 Å². The highest BCUT2D eigenvalue weighted by atomic mass is 32.2. The zero-order valence-corrected chi connectivity index (χ0v) is 9.43. The second kappa shape index (κ2) is 4.77. The smallest absolute Gasteiger partial charge is 0.279 e. The van der Waals surface area contributed by atoms with E-state index >= 15 is 0 Å². The van der Waals surface area contributed by atoms with Crippen LogP contribution in [0.1, 0.15) is 19.0 Å². The minimum Gasteiger partial charge on any atom is -0.294 e. The molecule has 1 heterocycles. The van der Waals surface area contributed by atoms with E-state index < -0.39 is 27.5 Å². The van der Waals surface area contributed by atoms with Crippen LogP contribution in [0.4, 0.5) is 8.78 Å². The third-order valence-electron chi connectivity index (χ3n) is 2.11. The molecule has 16 heavy (non-hydrogen) atoms. The van der Waals surface area contributed by atoms with Crippen LogP contribution in [-0.4, -0.2) is 29.7 Å². The Morgan fingerprint density at radius 1 is 1.50 bits per heavy atom. The van der Waals surface area contributed by atoms with E-state index in [4.69, 9.17) is 0 Å². The minimum absolute atomic E-state index is 0.0375. The monoisotopic (exact) mass is 254 g/mol. The molecular weight excluding hydrogens is 242 g/mol. The maximum atomic E-state index is 12.2.